The summed E-state index contributed by atoms with van der Waals surface area (Å²) in [6, 6.07) is 11.9. The fourth-order valence-corrected chi connectivity index (χ4v) is 1.76. The molecule has 0 unspecified atom stereocenters. The second-order valence-electron chi connectivity index (χ2n) is 4.46. The highest BCUT2D eigenvalue weighted by atomic mass is 16.4. The third-order valence-corrected chi connectivity index (χ3v) is 2.53. The molecule has 0 aliphatic rings. The highest BCUT2D eigenvalue weighted by Crippen LogP contribution is 2.11. The number of benzene rings is 1. The van der Waals surface area contributed by atoms with Crippen molar-refractivity contribution in [2.75, 3.05) is 0 Å². The molecule has 0 amide bonds. The molecule has 1 radical (unpaired) electrons. The van der Waals surface area contributed by atoms with E-state index in [0.29, 0.717) is 12.1 Å². The van der Waals surface area contributed by atoms with Crippen molar-refractivity contribution < 1.29 is 10.0 Å². The summed E-state index contributed by atoms with van der Waals surface area (Å²) < 4.78 is 0. The van der Waals surface area contributed by atoms with E-state index in [9.17, 15) is 0 Å². The number of nitrogens with zero attached hydrogens (tertiary/aromatic N) is 1. The van der Waals surface area contributed by atoms with E-state index < -0.39 is 0 Å². The lowest BCUT2D eigenvalue weighted by atomic mass is 10.1. The van der Waals surface area contributed by atoms with Crippen molar-refractivity contribution in [2.45, 2.75) is 46.3 Å². The standard InChI is InChI=1S/C13H21N.BH2O2/c1-11(2)14(12(3)4)10-13-8-6-5-7-9-13;2-1-3/h5-9,11-12H,10H2,1-4H3;2-3H. The average molecular weight is 236 g/mol. The van der Waals surface area contributed by atoms with Crippen molar-refractivity contribution >= 4 is 7.69 Å². The summed E-state index contributed by atoms with van der Waals surface area (Å²) in [4.78, 5) is 2.50. The predicted molar refractivity (Wildman–Crippen MR) is 72.4 cm³/mol. The van der Waals surface area contributed by atoms with Crippen LogP contribution in [-0.4, -0.2) is 34.7 Å². The molecular weight excluding hydrogens is 213 g/mol. The van der Waals surface area contributed by atoms with Gasteiger partial charge in [0.1, 0.15) is 0 Å². The first kappa shape index (κ1) is 16.2. The molecule has 0 saturated carbocycles. The SMILES string of the molecule is CC(C)N(Cc1ccccc1)C(C)C.O[B]O. The van der Waals surface area contributed by atoms with E-state index in [0.717, 1.165) is 6.54 Å². The van der Waals surface area contributed by atoms with Gasteiger partial charge < -0.3 is 10.0 Å². The molecule has 2 N–H and O–H groups in total. The molecular formula is C13H23BNO2. The lowest BCUT2D eigenvalue weighted by Crippen LogP contribution is -2.36. The van der Waals surface area contributed by atoms with Crippen LogP contribution < -0.4 is 0 Å². The highest BCUT2D eigenvalue weighted by Gasteiger charge is 2.12. The Kier molecular flexibility index (Phi) is 8.77. The van der Waals surface area contributed by atoms with Crippen LogP contribution in [-0.2, 0) is 6.54 Å². The number of rotatable bonds is 4. The van der Waals surface area contributed by atoms with Gasteiger partial charge in [-0.05, 0) is 33.3 Å². The molecule has 0 spiro atoms. The molecule has 0 aliphatic carbocycles. The van der Waals surface area contributed by atoms with Gasteiger partial charge in [-0.1, -0.05) is 30.3 Å². The zero-order valence-electron chi connectivity index (χ0n) is 11.2. The maximum atomic E-state index is 7.00. The highest BCUT2D eigenvalue weighted by molar-refractivity contribution is 6.13. The molecule has 0 aromatic heterocycles. The fourth-order valence-electron chi connectivity index (χ4n) is 1.76. The Hall–Kier alpha value is -0.835. The maximum absolute atomic E-state index is 7.00. The summed E-state index contributed by atoms with van der Waals surface area (Å²) in [5.74, 6) is 0. The Bertz CT molecular complexity index is 270. The van der Waals surface area contributed by atoms with Crippen LogP contribution in [0.3, 0.4) is 0 Å². The van der Waals surface area contributed by atoms with E-state index in [1.54, 1.807) is 0 Å². The first-order chi connectivity index (χ1) is 8.02. The van der Waals surface area contributed by atoms with Gasteiger partial charge in [0.05, 0.1) is 0 Å². The minimum atomic E-state index is 0. The molecule has 1 rings (SSSR count). The Morgan fingerprint density at radius 3 is 1.76 bits per heavy atom. The summed E-state index contributed by atoms with van der Waals surface area (Å²) in [5, 5.41) is 14.0. The number of hydrogen-bond donors (Lipinski definition) is 2. The molecule has 0 atom stereocenters. The normalized spacial score (nSPS) is 10.4. The minimum absolute atomic E-state index is 0. The molecule has 95 valence electrons. The maximum Gasteiger partial charge on any atom is 0.482 e. The van der Waals surface area contributed by atoms with E-state index >= 15 is 0 Å². The summed E-state index contributed by atoms with van der Waals surface area (Å²) in [6.07, 6.45) is 0. The van der Waals surface area contributed by atoms with Gasteiger partial charge in [-0.3, -0.25) is 4.90 Å². The molecule has 1 aromatic carbocycles. The van der Waals surface area contributed by atoms with Crippen molar-refractivity contribution in [3.05, 3.63) is 35.9 Å². The monoisotopic (exact) mass is 236 g/mol. The third-order valence-electron chi connectivity index (χ3n) is 2.53. The van der Waals surface area contributed by atoms with E-state index in [4.69, 9.17) is 10.0 Å². The Morgan fingerprint density at radius 2 is 1.41 bits per heavy atom. The van der Waals surface area contributed by atoms with Crippen molar-refractivity contribution in [1.29, 1.82) is 0 Å². The largest absolute Gasteiger partial charge is 0.482 e. The fraction of sp³-hybridized carbons (Fsp3) is 0.538. The summed E-state index contributed by atoms with van der Waals surface area (Å²) in [7, 11) is 0. The third kappa shape index (κ3) is 7.16. The molecule has 0 bridgehead atoms. The molecule has 4 heteroatoms. The smallest absolute Gasteiger partial charge is 0.429 e. The van der Waals surface area contributed by atoms with E-state index in [1.807, 2.05) is 0 Å². The van der Waals surface area contributed by atoms with Crippen LogP contribution >= 0.6 is 0 Å². The molecule has 0 saturated heterocycles. The first-order valence-electron chi connectivity index (χ1n) is 5.92. The Balaban J connectivity index is 0.000000770. The van der Waals surface area contributed by atoms with E-state index in [-0.39, 0.29) is 7.69 Å². The van der Waals surface area contributed by atoms with Gasteiger partial charge in [-0.15, -0.1) is 0 Å². The van der Waals surface area contributed by atoms with E-state index in [2.05, 4.69) is 62.9 Å². The van der Waals surface area contributed by atoms with Crippen LogP contribution in [0.5, 0.6) is 0 Å². The zero-order valence-corrected chi connectivity index (χ0v) is 11.2. The summed E-state index contributed by atoms with van der Waals surface area (Å²) in [5.41, 5.74) is 1.40. The molecule has 3 nitrogen and oxygen atoms in total. The van der Waals surface area contributed by atoms with Crippen molar-refractivity contribution in [3.8, 4) is 0 Å². The lowest BCUT2D eigenvalue weighted by molar-refractivity contribution is 0.166. The quantitative estimate of drug-likeness (QED) is 0.783. The molecule has 0 heterocycles. The second-order valence-corrected chi connectivity index (χ2v) is 4.46. The topological polar surface area (TPSA) is 43.7 Å². The van der Waals surface area contributed by atoms with Gasteiger partial charge >= 0.3 is 7.69 Å². The lowest BCUT2D eigenvalue weighted by Gasteiger charge is -2.30. The molecule has 17 heavy (non-hydrogen) atoms. The van der Waals surface area contributed by atoms with Gasteiger partial charge in [0, 0.05) is 18.6 Å². The summed E-state index contributed by atoms with van der Waals surface area (Å²) in [6.45, 7) is 10.1. The van der Waals surface area contributed by atoms with Gasteiger partial charge in [-0.2, -0.15) is 0 Å². The van der Waals surface area contributed by atoms with Gasteiger partial charge in [0.25, 0.3) is 0 Å². The minimum Gasteiger partial charge on any atom is -0.429 e. The summed E-state index contributed by atoms with van der Waals surface area (Å²) >= 11 is 0. The Labute approximate surface area is 105 Å². The van der Waals surface area contributed by atoms with Crippen LogP contribution in [0.1, 0.15) is 33.3 Å². The van der Waals surface area contributed by atoms with Crippen molar-refractivity contribution in [1.82, 2.24) is 4.90 Å². The van der Waals surface area contributed by atoms with E-state index in [1.165, 1.54) is 5.56 Å². The van der Waals surface area contributed by atoms with Crippen LogP contribution in [0.15, 0.2) is 30.3 Å². The second kappa shape index (κ2) is 9.22. The van der Waals surface area contributed by atoms with Crippen LogP contribution in [0.2, 0.25) is 0 Å². The Morgan fingerprint density at radius 1 is 1.00 bits per heavy atom. The van der Waals surface area contributed by atoms with Crippen molar-refractivity contribution in [2.24, 2.45) is 0 Å². The van der Waals surface area contributed by atoms with Gasteiger partial charge in [0.15, 0.2) is 0 Å². The predicted octanol–water partition coefficient (Wildman–Crippen LogP) is 1.81. The van der Waals surface area contributed by atoms with Crippen molar-refractivity contribution in [3.63, 3.8) is 0 Å². The zero-order chi connectivity index (χ0) is 13.3. The molecule has 0 fully saturated rings. The van der Waals surface area contributed by atoms with Gasteiger partial charge in [-0.25, -0.2) is 0 Å². The van der Waals surface area contributed by atoms with Crippen LogP contribution in [0.25, 0.3) is 0 Å². The van der Waals surface area contributed by atoms with Crippen LogP contribution in [0, 0.1) is 0 Å². The average Bonchev–Trinajstić information content (AvgIpc) is 2.27. The van der Waals surface area contributed by atoms with Crippen LogP contribution in [0.4, 0.5) is 0 Å². The van der Waals surface area contributed by atoms with Gasteiger partial charge in [0.2, 0.25) is 0 Å². The first-order valence-corrected chi connectivity index (χ1v) is 5.92. The molecule has 0 aliphatic heterocycles. The number of hydrogen-bond acceptors (Lipinski definition) is 3. The molecule has 1 aromatic rings.